The minimum absolute atomic E-state index is 0.0403. The second-order valence-electron chi connectivity index (χ2n) is 6.99. The summed E-state index contributed by atoms with van der Waals surface area (Å²) in [6.07, 6.45) is -0.404. The molecule has 0 bridgehead atoms. The third-order valence-corrected chi connectivity index (χ3v) is 3.94. The lowest BCUT2D eigenvalue weighted by atomic mass is 9.90. The first-order valence-electron chi connectivity index (χ1n) is 7.51. The molecule has 0 atom stereocenters. The highest BCUT2D eigenvalue weighted by Crippen LogP contribution is 2.27. The number of benzene rings is 1. The van der Waals surface area contributed by atoms with Crippen LogP contribution in [0.1, 0.15) is 38.8 Å². The minimum atomic E-state index is -0.514. The maximum absolute atomic E-state index is 12.0. The zero-order chi connectivity index (χ0) is 16.4. The fraction of sp³-hybridized carbons (Fsp3) is 0.500. The molecule has 0 aliphatic carbocycles. The third kappa shape index (κ3) is 3.89. The van der Waals surface area contributed by atoms with E-state index in [4.69, 9.17) is 9.47 Å². The number of carbonyl (C=O) groups excluding carboxylic acids is 1. The molecule has 1 fully saturated rings. The van der Waals surface area contributed by atoms with Gasteiger partial charge in [0.25, 0.3) is 0 Å². The molecule has 22 heavy (non-hydrogen) atoms. The molecule has 1 amide bonds. The molecule has 1 saturated heterocycles. The fourth-order valence-corrected chi connectivity index (χ4v) is 2.31. The molecule has 0 unspecified atom stereocenters. The van der Waals surface area contributed by atoms with Crippen molar-refractivity contribution < 1.29 is 14.3 Å². The first-order valence-corrected chi connectivity index (χ1v) is 7.51. The van der Waals surface area contributed by atoms with Crippen LogP contribution in [-0.2, 0) is 15.0 Å². The average molecular weight is 303 g/mol. The summed E-state index contributed by atoms with van der Waals surface area (Å²) < 4.78 is 10.5. The summed E-state index contributed by atoms with van der Waals surface area (Å²) in [6.45, 7) is 13.6. The molecule has 0 radical (unpaired) electrons. The van der Waals surface area contributed by atoms with E-state index >= 15 is 0 Å². The highest BCUT2D eigenvalue weighted by atomic mass is 16.6. The SMILES string of the molecule is C=C(C)c1cccc(C(C)(C)NC(=O)OCC2(C)COC2)c1. The first-order chi connectivity index (χ1) is 10.2. The summed E-state index contributed by atoms with van der Waals surface area (Å²) in [6, 6.07) is 8.02. The fourth-order valence-electron chi connectivity index (χ4n) is 2.31. The normalized spacial score (nSPS) is 16.5. The van der Waals surface area contributed by atoms with Crippen molar-refractivity contribution in [3.8, 4) is 0 Å². The van der Waals surface area contributed by atoms with Crippen LogP contribution in [0.25, 0.3) is 5.57 Å². The van der Waals surface area contributed by atoms with Crippen LogP contribution in [-0.4, -0.2) is 25.9 Å². The lowest BCUT2D eigenvalue weighted by molar-refractivity contribution is -0.126. The number of alkyl carbamates (subject to hydrolysis) is 1. The predicted molar refractivity (Wildman–Crippen MR) is 87.6 cm³/mol. The Morgan fingerprint density at radius 2 is 2.14 bits per heavy atom. The van der Waals surface area contributed by atoms with Gasteiger partial charge in [-0.25, -0.2) is 4.79 Å². The largest absolute Gasteiger partial charge is 0.449 e. The Morgan fingerprint density at radius 3 is 2.68 bits per heavy atom. The van der Waals surface area contributed by atoms with E-state index in [0.29, 0.717) is 19.8 Å². The second-order valence-corrected chi connectivity index (χ2v) is 6.99. The van der Waals surface area contributed by atoms with Gasteiger partial charge in [0.15, 0.2) is 0 Å². The van der Waals surface area contributed by atoms with Crippen molar-refractivity contribution in [2.75, 3.05) is 19.8 Å². The zero-order valence-electron chi connectivity index (χ0n) is 13.9. The van der Waals surface area contributed by atoms with E-state index in [0.717, 1.165) is 16.7 Å². The van der Waals surface area contributed by atoms with Gasteiger partial charge in [-0.2, -0.15) is 0 Å². The van der Waals surface area contributed by atoms with Crippen molar-refractivity contribution in [1.29, 1.82) is 0 Å². The van der Waals surface area contributed by atoms with E-state index in [9.17, 15) is 4.79 Å². The quantitative estimate of drug-likeness (QED) is 0.902. The number of allylic oxidation sites excluding steroid dienone is 1. The molecule has 1 aliphatic rings. The van der Waals surface area contributed by atoms with Crippen LogP contribution in [0.3, 0.4) is 0 Å². The van der Waals surface area contributed by atoms with Crippen molar-refractivity contribution in [1.82, 2.24) is 5.32 Å². The molecule has 1 aliphatic heterocycles. The van der Waals surface area contributed by atoms with Crippen LogP contribution in [0.4, 0.5) is 4.79 Å². The van der Waals surface area contributed by atoms with Gasteiger partial charge in [-0.05, 0) is 38.0 Å². The molecule has 1 N–H and O–H groups in total. The molecule has 0 saturated carbocycles. The van der Waals surface area contributed by atoms with E-state index in [-0.39, 0.29) is 5.41 Å². The van der Waals surface area contributed by atoms with Crippen LogP contribution in [0.5, 0.6) is 0 Å². The first kappa shape index (κ1) is 16.6. The molecule has 0 aromatic heterocycles. The smallest absolute Gasteiger partial charge is 0.407 e. The number of hydrogen-bond donors (Lipinski definition) is 1. The molecule has 4 nitrogen and oxygen atoms in total. The van der Waals surface area contributed by atoms with Crippen LogP contribution >= 0.6 is 0 Å². The van der Waals surface area contributed by atoms with E-state index in [1.54, 1.807) is 0 Å². The number of ether oxygens (including phenoxy) is 2. The lowest BCUT2D eigenvalue weighted by Crippen LogP contribution is -2.47. The molecule has 1 aromatic carbocycles. The van der Waals surface area contributed by atoms with Gasteiger partial charge < -0.3 is 14.8 Å². The summed E-state index contributed by atoms with van der Waals surface area (Å²) in [7, 11) is 0. The van der Waals surface area contributed by atoms with E-state index in [2.05, 4.69) is 11.9 Å². The molecule has 0 spiro atoms. The number of hydrogen-bond acceptors (Lipinski definition) is 3. The number of carbonyl (C=O) groups is 1. The summed E-state index contributed by atoms with van der Waals surface area (Å²) in [5.74, 6) is 0. The van der Waals surface area contributed by atoms with Gasteiger partial charge in [-0.1, -0.05) is 37.3 Å². The maximum atomic E-state index is 12.0. The Labute approximate surface area is 132 Å². The maximum Gasteiger partial charge on any atom is 0.407 e. The summed E-state index contributed by atoms with van der Waals surface area (Å²) in [5.41, 5.74) is 2.53. The van der Waals surface area contributed by atoms with Crippen molar-refractivity contribution >= 4 is 11.7 Å². The van der Waals surface area contributed by atoms with Crippen molar-refractivity contribution in [3.05, 3.63) is 42.0 Å². The number of rotatable bonds is 5. The number of nitrogens with one attached hydrogen (secondary N) is 1. The van der Waals surface area contributed by atoms with Crippen LogP contribution in [0.2, 0.25) is 0 Å². The Bertz CT molecular complexity index is 573. The molecule has 1 aromatic rings. The summed E-state index contributed by atoms with van der Waals surface area (Å²) in [5, 5.41) is 2.93. The van der Waals surface area contributed by atoms with Crippen molar-refractivity contribution in [2.45, 2.75) is 33.2 Å². The molecule has 120 valence electrons. The predicted octanol–water partition coefficient (Wildman–Crippen LogP) is 3.72. The third-order valence-electron chi connectivity index (χ3n) is 3.94. The lowest BCUT2D eigenvalue weighted by Gasteiger charge is -2.37. The van der Waals surface area contributed by atoms with Crippen LogP contribution in [0.15, 0.2) is 30.8 Å². The summed E-state index contributed by atoms with van der Waals surface area (Å²) >= 11 is 0. The molecule has 1 heterocycles. The van der Waals surface area contributed by atoms with Gasteiger partial charge in [0.1, 0.15) is 6.61 Å². The minimum Gasteiger partial charge on any atom is -0.449 e. The number of amides is 1. The highest BCUT2D eigenvalue weighted by molar-refractivity contribution is 5.69. The van der Waals surface area contributed by atoms with E-state index in [1.165, 1.54) is 0 Å². The second kappa shape index (κ2) is 6.13. The van der Waals surface area contributed by atoms with Gasteiger partial charge >= 0.3 is 6.09 Å². The topological polar surface area (TPSA) is 47.6 Å². The van der Waals surface area contributed by atoms with E-state index < -0.39 is 11.6 Å². The Morgan fingerprint density at radius 1 is 1.45 bits per heavy atom. The van der Waals surface area contributed by atoms with Crippen LogP contribution < -0.4 is 5.32 Å². The summed E-state index contributed by atoms with van der Waals surface area (Å²) in [4.78, 5) is 12.0. The van der Waals surface area contributed by atoms with Crippen molar-refractivity contribution in [2.24, 2.45) is 5.41 Å². The average Bonchev–Trinajstić information content (AvgIpc) is 2.42. The van der Waals surface area contributed by atoms with Crippen LogP contribution in [0, 0.1) is 5.41 Å². The van der Waals surface area contributed by atoms with Gasteiger partial charge in [-0.15, -0.1) is 0 Å². The standard InChI is InChI=1S/C18H25NO3/c1-13(2)14-7-6-8-15(9-14)17(3,4)19-16(20)22-12-18(5)10-21-11-18/h6-9H,1,10-12H2,2-5H3,(H,19,20). The molecule has 4 heteroatoms. The molecular weight excluding hydrogens is 278 g/mol. The highest BCUT2D eigenvalue weighted by Gasteiger charge is 2.35. The molecule has 2 rings (SSSR count). The van der Waals surface area contributed by atoms with Crippen molar-refractivity contribution in [3.63, 3.8) is 0 Å². The molecular formula is C18H25NO3. The van der Waals surface area contributed by atoms with Gasteiger partial charge in [0.05, 0.1) is 18.8 Å². The Balaban J connectivity index is 1.98. The Kier molecular flexibility index (Phi) is 4.61. The van der Waals surface area contributed by atoms with Gasteiger partial charge in [0, 0.05) is 5.41 Å². The van der Waals surface area contributed by atoms with E-state index in [1.807, 2.05) is 52.0 Å². The monoisotopic (exact) mass is 303 g/mol. The van der Waals surface area contributed by atoms with Gasteiger partial charge in [-0.3, -0.25) is 0 Å². The Hall–Kier alpha value is -1.81. The van der Waals surface area contributed by atoms with Gasteiger partial charge in [0.2, 0.25) is 0 Å². The zero-order valence-corrected chi connectivity index (χ0v) is 13.9.